The van der Waals surface area contributed by atoms with Crippen molar-refractivity contribution < 1.29 is 13.9 Å². The molecule has 0 aromatic heterocycles. The highest BCUT2D eigenvalue weighted by atomic mass is 19.1. The Morgan fingerprint density at radius 3 is 2.36 bits per heavy atom. The summed E-state index contributed by atoms with van der Waals surface area (Å²) < 4.78 is 19.5. The van der Waals surface area contributed by atoms with Gasteiger partial charge in [0.05, 0.1) is 6.54 Å². The van der Waals surface area contributed by atoms with Gasteiger partial charge in [-0.1, -0.05) is 48.5 Å². The normalized spacial score (nSPS) is 11.6. The molecule has 0 spiro atoms. The lowest BCUT2D eigenvalue weighted by atomic mass is 10.1. The molecule has 0 bridgehead atoms. The molecule has 1 atom stereocenters. The van der Waals surface area contributed by atoms with Crippen LogP contribution in [0.4, 0.5) is 10.1 Å². The number of nitrogens with one attached hydrogen (secondary N) is 2. The van der Waals surface area contributed by atoms with Gasteiger partial charge in [-0.15, -0.1) is 0 Å². The van der Waals surface area contributed by atoms with Crippen LogP contribution < -0.4 is 15.4 Å². The molecular formula is C23H23FN2O2. The average molecular weight is 378 g/mol. The first-order chi connectivity index (χ1) is 13.6. The highest BCUT2D eigenvalue weighted by molar-refractivity contribution is 5.92. The third-order valence-corrected chi connectivity index (χ3v) is 4.33. The number of hydrogen-bond acceptors (Lipinski definition) is 3. The molecule has 5 heteroatoms. The molecule has 4 nitrogen and oxygen atoms in total. The predicted octanol–water partition coefficient (Wildman–Crippen LogP) is 4.69. The number of ether oxygens (including phenoxy) is 1. The summed E-state index contributed by atoms with van der Waals surface area (Å²) >= 11 is 0. The van der Waals surface area contributed by atoms with Crippen LogP contribution in [0.5, 0.6) is 5.75 Å². The Bertz CT molecular complexity index is 898. The van der Waals surface area contributed by atoms with Crippen LogP contribution in [0.25, 0.3) is 0 Å². The van der Waals surface area contributed by atoms with E-state index in [4.69, 9.17) is 4.74 Å². The topological polar surface area (TPSA) is 50.4 Å². The first-order valence-corrected chi connectivity index (χ1v) is 9.16. The quantitative estimate of drug-likeness (QED) is 0.598. The average Bonchev–Trinajstić information content (AvgIpc) is 2.72. The van der Waals surface area contributed by atoms with Crippen molar-refractivity contribution in [3.8, 4) is 5.75 Å². The summed E-state index contributed by atoms with van der Waals surface area (Å²) in [7, 11) is 0. The molecule has 0 saturated carbocycles. The number of hydrogen-bond donors (Lipinski definition) is 2. The van der Waals surface area contributed by atoms with Gasteiger partial charge in [-0.3, -0.25) is 4.79 Å². The van der Waals surface area contributed by atoms with Crippen molar-refractivity contribution in [2.24, 2.45) is 0 Å². The number of amides is 1. The Labute approximate surface area is 164 Å². The van der Waals surface area contributed by atoms with Gasteiger partial charge in [0.25, 0.3) is 0 Å². The minimum absolute atomic E-state index is 0.0851. The van der Waals surface area contributed by atoms with E-state index in [0.29, 0.717) is 17.9 Å². The largest absolute Gasteiger partial charge is 0.489 e. The van der Waals surface area contributed by atoms with Crippen LogP contribution >= 0.6 is 0 Å². The predicted molar refractivity (Wildman–Crippen MR) is 109 cm³/mol. The van der Waals surface area contributed by atoms with Gasteiger partial charge < -0.3 is 15.4 Å². The Morgan fingerprint density at radius 2 is 1.64 bits per heavy atom. The highest BCUT2D eigenvalue weighted by Gasteiger charge is 2.11. The second kappa shape index (κ2) is 9.67. The lowest BCUT2D eigenvalue weighted by molar-refractivity contribution is -0.115. The SMILES string of the molecule is CC(NCC(=O)Nc1ccc(OCc2ccccc2)cc1)c1ccccc1F. The molecule has 0 saturated heterocycles. The maximum atomic E-state index is 13.8. The molecule has 3 aromatic rings. The molecule has 1 unspecified atom stereocenters. The van der Waals surface area contributed by atoms with Crippen molar-refractivity contribution in [1.82, 2.24) is 5.32 Å². The van der Waals surface area contributed by atoms with E-state index in [1.807, 2.05) is 49.4 Å². The maximum absolute atomic E-state index is 13.8. The number of anilines is 1. The molecule has 0 aliphatic carbocycles. The van der Waals surface area contributed by atoms with Crippen molar-refractivity contribution in [2.45, 2.75) is 19.6 Å². The third kappa shape index (κ3) is 5.66. The maximum Gasteiger partial charge on any atom is 0.238 e. The number of carbonyl (C=O) groups excluding carboxylic acids is 1. The number of benzene rings is 3. The van der Waals surface area contributed by atoms with Gasteiger partial charge in [0, 0.05) is 17.3 Å². The second-order valence-electron chi connectivity index (χ2n) is 6.47. The number of halogens is 1. The van der Waals surface area contributed by atoms with E-state index >= 15 is 0 Å². The molecule has 3 aromatic carbocycles. The molecular weight excluding hydrogens is 355 g/mol. The Kier molecular flexibility index (Phi) is 6.76. The third-order valence-electron chi connectivity index (χ3n) is 4.33. The molecule has 28 heavy (non-hydrogen) atoms. The van der Waals surface area contributed by atoms with E-state index in [0.717, 1.165) is 11.3 Å². The lowest BCUT2D eigenvalue weighted by Crippen LogP contribution is -2.30. The summed E-state index contributed by atoms with van der Waals surface area (Å²) in [6.45, 7) is 2.40. The zero-order chi connectivity index (χ0) is 19.8. The first kappa shape index (κ1) is 19.6. The van der Waals surface area contributed by atoms with Crippen LogP contribution in [0.3, 0.4) is 0 Å². The van der Waals surface area contributed by atoms with Crippen LogP contribution in [-0.2, 0) is 11.4 Å². The van der Waals surface area contributed by atoms with Crippen LogP contribution in [0.1, 0.15) is 24.1 Å². The summed E-state index contributed by atoms with van der Waals surface area (Å²) in [5.74, 6) is 0.253. The van der Waals surface area contributed by atoms with E-state index < -0.39 is 0 Å². The van der Waals surface area contributed by atoms with Gasteiger partial charge in [0.2, 0.25) is 5.91 Å². The fourth-order valence-electron chi connectivity index (χ4n) is 2.76. The van der Waals surface area contributed by atoms with E-state index in [-0.39, 0.29) is 24.3 Å². The van der Waals surface area contributed by atoms with Crippen molar-refractivity contribution in [2.75, 3.05) is 11.9 Å². The van der Waals surface area contributed by atoms with E-state index in [1.165, 1.54) is 6.07 Å². The molecule has 0 aliphatic heterocycles. The summed E-state index contributed by atoms with van der Waals surface area (Å²) in [6, 6.07) is 23.4. The second-order valence-corrected chi connectivity index (χ2v) is 6.47. The Morgan fingerprint density at radius 1 is 0.964 bits per heavy atom. The van der Waals surface area contributed by atoms with Gasteiger partial charge in [-0.2, -0.15) is 0 Å². The van der Waals surface area contributed by atoms with Gasteiger partial charge in [0.15, 0.2) is 0 Å². The van der Waals surface area contributed by atoms with Gasteiger partial charge in [-0.05, 0) is 42.8 Å². The van der Waals surface area contributed by atoms with Gasteiger partial charge in [0.1, 0.15) is 18.2 Å². The van der Waals surface area contributed by atoms with Crippen LogP contribution in [0.2, 0.25) is 0 Å². The fraction of sp³-hybridized carbons (Fsp3) is 0.174. The number of rotatable bonds is 8. The highest BCUT2D eigenvalue weighted by Crippen LogP contribution is 2.18. The van der Waals surface area contributed by atoms with Crippen LogP contribution in [0.15, 0.2) is 78.9 Å². The van der Waals surface area contributed by atoms with Gasteiger partial charge in [-0.25, -0.2) is 4.39 Å². The minimum atomic E-state index is -0.283. The monoisotopic (exact) mass is 378 g/mol. The Balaban J connectivity index is 1.46. The first-order valence-electron chi connectivity index (χ1n) is 9.16. The molecule has 3 rings (SSSR count). The van der Waals surface area contributed by atoms with E-state index in [9.17, 15) is 9.18 Å². The smallest absolute Gasteiger partial charge is 0.238 e. The molecule has 2 N–H and O–H groups in total. The van der Waals surface area contributed by atoms with Crippen molar-refractivity contribution in [1.29, 1.82) is 0 Å². The molecule has 0 fully saturated rings. The Hall–Kier alpha value is -3.18. The lowest BCUT2D eigenvalue weighted by Gasteiger charge is -2.15. The molecule has 0 heterocycles. The van der Waals surface area contributed by atoms with E-state index in [2.05, 4.69) is 10.6 Å². The van der Waals surface area contributed by atoms with Crippen molar-refractivity contribution in [3.63, 3.8) is 0 Å². The fourth-order valence-corrected chi connectivity index (χ4v) is 2.76. The molecule has 0 radical (unpaired) electrons. The van der Waals surface area contributed by atoms with Crippen molar-refractivity contribution >= 4 is 11.6 Å². The van der Waals surface area contributed by atoms with E-state index in [1.54, 1.807) is 30.3 Å². The zero-order valence-corrected chi connectivity index (χ0v) is 15.7. The summed E-state index contributed by atoms with van der Waals surface area (Å²) in [5, 5.41) is 5.85. The summed E-state index contributed by atoms with van der Waals surface area (Å²) in [4.78, 5) is 12.1. The van der Waals surface area contributed by atoms with Crippen LogP contribution in [-0.4, -0.2) is 12.5 Å². The van der Waals surface area contributed by atoms with Crippen LogP contribution in [0, 0.1) is 5.82 Å². The standard InChI is InChI=1S/C23H23FN2O2/c1-17(21-9-5-6-10-22(21)24)25-15-23(27)26-19-11-13-20(14-12-19)28-16-18-7-3-2-4-8-18/h2-14,17,25H,15-16H2,1H3,(H,26,27). The van der Waals surface area contributed by atoms with Crippen molar-refractivity contribution in [3.05, 3.63) is 95.8 Å². The molecule has 144 valence electrons. The van der Waals surface area contributed by atoms with Gasteiger partial charge >= 0.3 is 0 Å². The molecule has 0 aliphatic rings. The summed E-state index contributed by atoms with van der Waals surface area (Å²) in [6.07, 6.45) is 0. The zero-order valence-electron chi connectivity index (χ0n) is 15.7. The minimum Gasteiger partial charge on any atom is -0.489 e. The molecule has 1 amide bonds. The number of carbonyl (C=O) groups is 1. The summed E-state index contributed by atoms with van der Waals surface area (Å²) in [5.41, 5.74) is 2.31.